The van der Waals surface area contributed by atoms with Gasteiger partial charge in [0, 0.05) is 12.3 Å². The van der Waals surface area contributed by atoms with Gasteiger partial charge in [0.2, 0.25) is 0 Å². The molecule has 0 saturated heterocycles. The second kappa shape index (κ2) is 5.55. The molecule has 0 unspecified atom stereocenters. The molecule has 2 rings (SSSR count). The minimum absolute atomic E-state index is 0.0811. The number of hydrogen-bond donors (Lipinski definition) is 1. The van der Waals surface area contributed by atoms with E-state index < -0.39 is 0 Å². The highest BCUT2D eigenvalue weighted by Gasteiger charge is 2.22. The molecular formula is C14H16BNO. The van der Waals surface area contributed by atoms with Gasteiger partial charge >= 0.3 is 6.92 Å². The molecule has 3 heteroatoms. The summed E-state index contributed by atoms with van der Waals surface area (Å²) in [5.74, 6) is 0. The van der Waals surface area contributed by atoms with Crippen LogP contribution in [-0.2, 0) is 4.65 Å². The number of rotatable bonds is 4. The van der Waals surface area contributed by atoms with E-state index in [9.17, 15) is 0 Å². The Kier molecular flexibility index (Phi) is 3.83. The van der Waals surface area contributed by atoms with Gasteiger partial charge in [-0.25, -0.2) is 0 Å². The number of hydrogen-bond acceptors (Lipinski definition) is 2. The summed E-state index contributed by atoms with van der Waals surface area (Å²) in [7, 11) is 0. The van der Waals surface area contributed by atoms with Crippen molar-refractivity contribution in [2.75, 3.05) is 12.3 Å². The lowest BCUT2D eigenvalue weighted by Crippen LogP contribution is -2.46. The molecule has 0 bridgehead atoms. The lowest BCUT2D eigenvalue weighted by molar-refractivity contribution is 0.358. The summed E-state index contributed by atoms with van der Waals surface area (Å²) in [6.07, 6.45) is 0. The summed E-state index contributed by atoms with van der Waals surface area (Å²) < 4.78 is 5.81. The van der Waals surface area contributed by atoms with Gasteiger partial charge in [-0.15, -0.1) is 0 Å². The second-order valence-corrected chi connectivity index (χ2v) is 3.87. The first-order valence-corrected chi connectivity index (χ1v) is 5.84. The molecule has 0 aliphatic carbocycles. The number of anilines is 1. The monoisotopic (exact) mass is 225 g/mol. The highest BCUT2D eigenvalue weighted by molar-refractivity contribution is 6.81. The van der Waals surface area contributed by atoms with Crippen LogP contribution in [0.4, 0.5) is 5.69 Å². The van der Waals surface area contributed by atoms with Crippen molar-refractivity contribution >= 4 is 23.5 Å². The van der Waals surface area contributed by atoms with Crippen molar-refractivity contribution in [2.45, 2.75) is 6.92 Å². The number of nitrogens with two attached hydrogens (primary N) is 1. The average Bonchev–Trinajstić information content (AvgIpc) is 2.38. The van der Waals surface area contributed by atoms with Crippen molar-refractivity contribution in [1.82, 2.24) is 0 Å². The lowest BCUT2D eigenvalue weighted by atomic mass is 9.55. The van der Waals surface area contributed by atoms with Crippen molar-refractivity contribution in [3.8, 4) is 0 Å². The zero-order valence-corrected chi connectivity index (χ0v) is 9.97. The summed E-state index contributed by atoms with van der Waals surface area (Å²) in [5, 5.41) is 0. The number of benzene rings is 2. The van der Waals surface area contributed by atoms with Crippen LogP contribution in [-0.4, -0.2) is 13.5 Å². The van der Waals surface area contributed by atoms with E-state index in [1.165, 1.54) is 0 Å². The van der Waals surface area contributed by atoms with Gasteiger partial charge < -0.3 is 10.4 Å². The van der Waals surface area contributed by atoms with Crippen molar-refractivity contribution in [3.63, 3.8) is 0 Å². The number of nitrogen functional groups attached to an aromatic ring is 1. The summed E-state index contributed by atoms with van der Waals surface area (Å²) in [6, 6.07) is 18.0. The molecule has 0 radical (unpaired) electrons. The normalized spacial score (nSPS) is 10.2. The fourth-order valence-corrected chi connectivity index (χ4v) is 1.91. The number of para-hydroxylation sites is 1. The van der Waals surface area contributed by atoms with E-state index in [0.29, 0.717) is 6.61 Å². The van der Waals surface area contributed by atoms with Gasteiger partial charge in [0.05, 0.1) is 0 Å². The summed E-state index contributed by atoms with van der Waals surface area (Å²) >= 11 is 0. The Morgan fingerprint density at radius 3 is 2.29 bits per heavy atom. The minimum Gasteiger partial charge on any atom is -0.427 e. The first-order chi connectivity index (χ1) is 8.33. The molecular weight excluding hydrogens is 209 g/mol. The van der Waals surface area contributed by atoms with Crippen LogP contribution < -0.4 is 16.7 Å². The Hall–Kier alpha value is -1.74. The quantitative estimate of drug-likeness (QED) is 0.630. The largest absolute Gasteiger partial charge is 0.427 e. The molecule has 0 saturated carbocycles. The maximum absolute atomic E-state index is 6.01. The molecule has 2 aromatic carbocycles. The minimum atomic E-state index is -0.0811. The predicted molar refractivity (Wildman–Crippen MR) is 73.9 cm³/mol. The standard InChI is InChI=1S/C14H16BNO/c1-2-17-15(12-8-4-3-5-9-12)13-10-6-7-11-14(13)16/h3-11H,2,16H2,1H3. The third kappa shape index (κ3) is 2.69. The zero-order valence-electron chi connectivity index (χ0n) is 9.97. The molecule has 2 nitrogen and oxygen atoms in total. The molecule has 0 aromatic heterocycles. The van der Waals surface area contributed by atoms with Crippen LogP contribution >= 0.6 is 0 Å². The summed E-state index contributed by atoms with van der Waals surface area (Å²) in [4.78, 5) is 0. The predicted octanol–water partition coefficient (Wildman–Crippen LogP) is 1.41. The SMILES string of the molecule is CCOB(c1ccccc1)c1ccccc1N. The Labute approximate surface area is 103 Å². The maximum Gasteiger partial charge on any atom is 0.363 e. The van der Waals surface area contributed by atoms with E-state index in [4.69, 9.17) is 10.4 Å². The van der Waals surface area contributed by atoms with E-state index in [1.807, 2.05) is 49.4 Å². The van der Waals surface area contributed by atoms with Crippen LogP contribution in [0, 0.1) is 0 Å². The van der Waals surface area contributed by atoms with Crippen molar-refractivity contribution < 1.29 is 4.65 Å². The highest BCUT2D eigenvalue weighted by Crippen LogP contribution is 2.01. The first kappa shape index (κ1) is 11.7. The van der Waals surface area contributed by atoms with Gasteiger partial charge in [-0.2, -0.15) is 0 Å². The van der Waals surface area contributed by atoms with Gasteiger partial charge in [-0.1, -0.05) is 48.5 Å². The molecule has 17 heavy (non-hydrogen) atoms. The first-order valence-electron chi connectivity index (χ1n) is 5.84. The molecule has 0 aliphatic heterocycles. The fraction of sp³-hybridized carbons (Fsp3) is 0.143. The average molecular weight is 225 g/mol. The molecule has 0 fully saturated rings. The van der Waals surface area contributed by atoms with E-state index in [1.54, 1.807) is 0 Å². The van der Waals surface area contributed by atoms with Crippen LogP contribution in [0.15, 0.2) is 54.6 Å². The van der Waals surface area contributed by atoms with Gasteiger partial charge in [0.15, 0.2) is 0 Å². The van der Waals surface area contributed by atoms with Crippen LogP contribution in [0.1, 0.15) is 6.92 Å². The Balaban J connectivity index is 2.39. The Morgan fingerprint density at radius 2 is 1.65 bits per heavy atom. The fourth-order valence-electron chi connectivity index (χ4n) is 1.91. The summed E-state index contributed by atoms with van der Waals surface area (Å²) in [6.45, 7) is 2.57. The van der Waals surface area contributed by atoms with Gasteiger partial charge in [0.25, 0.3) is 0 Å². The molecule has 86 valence electrons. The Morgan fingerprint density at radius 1 is 1.00 bits per heavy atom. The molecule has 0 heterocycles. The molecule has 2 N–H and O–H groups in total. The van der Waals surface area contributed by atoms with E-state index in [2.05, 4.69) is 12.1 Å². The van der Waals surface area contributed by atoms with Gasteiger partial charge in [-0.3, -0.25) is 0 Å². The maximum atomic E-state index is 6.01. The van der Waals surface area contributed by atoms with Crippen LogP contribution in [0.25, 0.3) is 0 Å². The van der Waals surface area contributed by atoms with Crippen LogP contribution in [0.5, 0.6) is 0 Å². The summed E-state index contributed by atoms with van der Waals surface area (Å²) in [5.41, 5.74) is 8.94. The molecule has 0 amide bonds. The van der Waals surface area contributed by atoms with Gasteiger partial charge in [-0.05, 0) is 23.9 Å². The van der Waals surface area contributed by atoms with Crippen molar-refractivity contribution in [2.24, 2.45) is 0 Å². The van der Waals surface area contributed by atoms with Crippen LogP contribution in [0.2, 0.25) is 0 Å². The Bertz CT molecular complexity index is 473. The van der Waals surface area contributed by atoms with E-state index >= 15 is 0 Å². The second-order valence-electron chi connectivity index (χ2n) is 3.87. The van der Waals surface area contributed by atoms with Gasteiger partial charge in [0.1, 0.15) is 0 Å². The molecule has 0 spiro atoms. The molecule has 0 aliphatic rings. The third-order valence-electron chi connectivity index (χ3n) is 2.71. The highest BCUT2D eigenvalue weighted by atomic mass is 16.4. The lowest BCUT2D eigenvalue weighted by Gasteiger charge is -2.15. The van der Waals surface area contributed by atoms with Crippen LogP contribution in [0.3, 0.4) is 0 Å². The molecule has 0 atom stereocenters. The van der Waals surface area contributed by atoms with Crippen molar-refractivity contribution in [3.05, 3.63) is 54.6 Å². The molecule has 2 aromatic rings. The van der Waals surface area contributed by atoms with E-state index in [-0.39, 0.29) is 6.92 Å². The zero-order chi connectivity index (χ0) is 12.1. The smallest absolute Gasteiger partial charge is 0.363 e. The third-order valence-corrected chi connectivity index (χ3v) is 2.71. The topological polar surface area (TPSA) is 35.2 Å². The van der Waals surface area contributed by atoms with E-state index in [0.717, 1.165) is 16.6 Å². The van der Waals surface area contributed by atoms with Crippen molar-refractivity contribution in [1.29, 1.82) is 0 Å².